The molecule has 1 fully saturated rings. The van der Waals surface area contributed by atoms with Gasteiger partial charge in [0.1, 0.15) is 37.2 Å². The molecule has 0 bridgehead atoms. The van der Waals surface area contributed by atoms with Gasteiger partial charge in [-0.2, -0.15) is 0 Å². The van der Waals surface area contributed by atoms with E-state index in [0.717, 1.165) is 0 Å². The highest BCUT2D eigenvalue weighted by atomic mass is 35.5. The Labute approximate surface area is 196 Å². The van der Waals surface area contributed by atoms with Crippen LogP contribution >= 0.6 is 19.4 Å². The van der Waals surface area contributed by atoms with Gasteiger partial charge in [-0.05, 0) is 24.3 Å². The number of benzene rings is 1. The first kappa shape index (κ1) is 24.6. The third-order valence-electron chi connectivity index (χ3n) is 5.12. The van der Waals surface area contributed by atoms with E-state index in [1.807, 2.05) is 0 Å². The van der Waals surface area contributed by atoms with Crippen molar-refractivity contribution in [2.75, 3.05) is 18.9 Å². The summed E-state index contributed by atoms with van der Waals surface area (Å²) in [7, 11) is -4.82. The Morgan fingerprint density at radius 1 is 1.26 bits per heavy atom. The van der Waals surface area contributed by atoms with E-state index in [-0.39, 0.29) is 30.3 Å². The van der Waals surface area contributed by atoms with Gasteiger partial charge in [0.2, 0.25) is 11.7 Å². The SMILES string of the molecule is Nc1nc2c(c(=O)[nH]1)n(CCOc1ccc(Cl)cc1)c[n+]2[C@@H]1O[C@H](COP(=O)(O)O)C(O)[C@@H]1O. The number of nitrogens with zero attached hydrogens (tertiary/aromatic N) is 3. The summed E-state index contributed by atoms with van der Waals surface area (Å²) in [6.45, 7) is -0.328. The van der Waals surface area contributed by atoms with E-state index in [2.05, 4.69) is 14.5 Å². The number of aliphatic hydroxyl groups excluding tert-OH is 2. The zero-order valence-electron chi connectivity index (χ0n) is 17.4. The molecular formula is C18H22ClN5O9P+. The zero-order chi connectivity index (χ0) is 24.6. The number of phosphoric acid groups is 1. The Morgan fingerprint density at radius 3 is 2.65 bits per heavy atom. The Balaban J connectivity index is 1.60. The molecule has 2 aromatic heterocycles. The molecule has 3 heterocycles. The average Bonchev–Trinajstić information content (AvgIpc) is 3.25. The van der Waals surface area contributed by atoms with Crippen molar-refractivity contribution >= 4 is 36.5 Å². The Hall–Kier alpha value is -2.55. The van der Waals surface area contributed by atoms with Gasteiger partial charge in [-0.3, -0.25) is 18.9 Å². The second-order valence-electron chi connectivity index (χ2n) is 7.47. The van der Waals surface area contributed by atoms with Crippen molar-refractivity contribution in [1.29, 1.82) is 0 Å². The number of nitrogens with two attached hydrogens (primary N) is 1. The van der Waals surface area contributed by atoms with Crippen molar-refractivity contribution in [3.63, 3.8) is 0 Å². The van der Waals surface area contributed by atoms with Crippen LogP contribution in [0.2, 0.25) is 5.02 Å². The third kappa shape index (κ3) is 5.24. The molecule has 0 saturated carbocycles. The van der Waals surface area contributed by atoms with Crippen LogP contribution in [0.1, 0.15) is 6.23 Å². The molecule has 16 heteroatoms. The van der Waals surface area contributed by atoms with Crippen LogP contribution in [0.15, 0.2) is 35.4 Å². The number of aliphatic hydroxyl groups is 2. The molecular weight excluding hydrogens is 497 g/mol. The van der Waals surface area contributed by atoms with Crippen LogP contribution in [0.3, 0.4) is 0 Å². The van der Waals surface area contributed by atoms with Crippen LogP contribution < -0.4 is 20.6 Å². The van der Waals surface area contributed by atoms with Gasteiger partial charge in [0, 0.05) is 5.02 Å². The molecule has 0 spiro atoms. The number of halogens is 1. The maximum absolute atomic E-state index is 12.6. The minimum absolute atomic E-state index is 0.0561. The highest BCUT2D eigenvalue weighted by molar-refractivity contribution is 7.46. The summed E-state index contributed by atoms with van der Waals surface area (Å²) in [5.41, 5.74) is 5.30. The first-order valence-corrected chi connectivity index (χ1v) is 11.8. The molecule has 0 radical (unpaired) electrons. The van der Waals surface area contributed by atoms with Gasteiger partial charge in [-0.1, -0.05) is 16.6 Å². The lowest BCUT2D eigenvalue weighted by atomic mass is 10.1. The number of aromatic nitrogens is 4. The molecule has 184 valence electrons. The number of rotatable bonds is 8. The summed E-state index contributed by atoms with van der Waals surface area (Å²) in [6, 6.07) is 6.72. The van der Waals surface area contributed by atoms with Crippen molar-refractivity contribution in [2.45, 2.75) is 31.1 Å². The highest BCUT2D eigenvalue weighted by Crippen LogP contribution is 2.37. The Morgan fingerprint density at radius 2 is 1.97 bits per heavy atom. The number of phosphoric ester groups is 1. The summed E-state index contributed by atoms with van der Waals surface area (Å²) in [6.07, 6.45) is -4.14. The first-order valence-electron chi connectivity index (χ1n) is 9.93. The second kappa shape index (κ2) is 9.60. The van der Waals surface area contributed by atoms with Crippen LogP contribution in [0.5, 0.6) is 5.75 Å². The Bertz CT molecular complexity index is 1280. The number of fused-ring (bicyclic) bond motifs is 1. The molecule has 1 aromatic carbocycles. The molecule has 7 N–H and O–H groups in total. The average molecular weight is 519 g/mol. The standard InChI is InChI=1S/C18H21ClN5O9P/c19-9-1-3-10(4-2-9)31-6-5-23-8-24(15-12(23)16(27)22-18(20)21-15)17-14(26)13(25)11(33-17)7-32-34(28,29)30/h1-4,8,11,13-14,17,25-26H,5-7H2,(H4-,20,21,22,27,28,29,30)/p+1/t11-,13?,14+,17-/m1/s1. The summed E-state index contributed by atoms with van der Waals surface area (Å²) in [5, 5.41) is 21.4. The quantitative estimate of drug-likeness (QED) is 0.158. The fourth-order valence-corrected chi connectivity index (χ4v) is 4.06. The first-order chi connectivity index (χ1) is 16.0. The zero-order valence-corrected chi connectivity index (χ0v) is 19.0. The van der Waals surface area contributed by atoms with Crippen LogP contribution in [0.4, 0.5) is 5.95 Å². The van der Waals surface area contributed by atoms with E-state index in [1.165, 1.54) is 15.5 Å². The van der Waals surface area contributed by atoms with E-state index in [1.54, 1.807) is 24.3 Å². The van der Waals surface area contributed by atoms with Crippen molar-refractivity contribution in [1.82, 2.24) is 14.5 Å². The Kier molecular flexibility index (Phi) is 6.94. The maximum atomic E-state index is 12.6. The van der Waals surface area contributed by atoms with Crippen LogP contribution in [-0.2, 0) is 20.4 Å². The molecule has 4 rings (SSSR count). The molecule has 1 aliphatic rings. The van der Waals surface area contributed by atoms with E-state index in [9.17, 15) is 19.6 Å². The number of ether oxygens (including phenoxy) is 2. The summed E-state index contributed by atoms with van der Waals surface area (Å²) in [4.78, 5) is 36.9. The molecule has 1 saturated heterocycles. The minimum atomic E-state index is -4.82. The summed E-state index contributed by atoms with van der Waals surface area (Å²) in [5.74, 6) is 0.381. The van der Waals surface area contributed by atoms with Gasteiger partial charge in [-0.15, -0.1) is 0 Å². The van der Waals surface area contributed by atoms with E-state index < -0.39 is 44.5 Å². The van der Waals surface area contributed by atoms with E-state index in [4.69, 9.17) is 36.6 Å². The fraction of sp³-hybridized carbons (Fsp3) is 0.389. The molecule has 0 amide bonds. The van der Waals surface area contributed by atoms with E-state index >= 15 is 0 Å². The van der Waals surface area contributed by atoms with Crippen molar-refractivity contribution in [3.8, 4) is 5.75 Å². The van der Waals surface area contributed by atoms with Crippen LogP contribution in [0.25, 0.3) is 11.2 Å². The smallest absolute Gasteiger partial charge is 0.469 e. The number of imidazole rings is 1. The number of hydrogen-bond acceptors (Lipinski definition) is 9. The van der Waals surface area contributed by atoms with Crippen molar-refractivity contribution < 1.29 is 43.1 Å². The number of H-pyrrole nitrogens is 1. The number of anilines is 1. The van der Waals surface area contributed by atoms with Gasteiger partial charge < -0.3 is 35.2 Å². The largest absolute Gasteiger partial charge is 0.490 e. The lowest BCUT2D eigenvalue weighted by Gasteiger charge is -2.14. The molecule has 0 aliphatic carbocycles. The van der Waals surface area contributed by atoms with Crippen molar-refractivity contribution in [2.24, 2.45) is 0 Å². The predicted molar refractivity (Wildman–Crippen MR) is 116 cm³/mol. The number of hydrogen-bond donors (Lipinski definition) is 6. The van der Waals surface area contributed by atoms with Crippen LogP contribution in [0, 0.1) is 0 Å². The van der Waals surface area contributed by atoms with Crippen molar-refractivity contribution in [3.05, 3.63) is 46.0 Å². The lowest BCUT2D eigenvalue weighted by Crippen LogP contribution is -2.46. The molecule has 3 aromatic rings. The van der Waals surface area contributed by atoms with Gasteiger partial charge in [0.25, 0.3) is 11.5 Å². The second-order valence-corrected chi connectivity index (χ2v) is 9.15. The van der Waals surface area contributed by atoms with E-state index in [0.29, 0.717) is 10.8 Å². The molecule has 1 aliphatic heterocycles. The van der Waals surface area contributed by atoms with Gasteiger partial charge in [-0.25, -0.2) is 9.13 Å². The summed E-state index contributed by atoms with van der Waals surface area (Å²) >= 11 is 5.86. The normalized spacial score (nSPS) is 23.0. The third-order valence-corrected chi connectivity index (χ3v) is 5.86. The molecule has 1 unspecified atom stereocenters. The molecule has 4 atom stereocenters. The summed E-state index contributed by atoms with van der Waals surface area (Å²) < 4.78 is 29.5. The number of nitrogen functional groups attached to an aromatic ring is 1. The highest BCUT2D eigenvalue weighted by Gasteiger charge is 2.47. The predicted octanol–water partition coefficient (Wildman–Crippen LogP) is -0.945. The van der Waals surface area contributed by atoms with Crippen LogP contribution in [-0.4, -0.2) is 66.1 Å². The molecule has 34 heavy (non-hydrogen) atoms. The lowest BCUT2D eigenvalue weighted by molar-refractivity contribution is -0.746. The number of aromatic amines is 1. The monoisotopic (exact) mass is 518 g/mol. The van der Waals surface area contributed by atoms with Gasteiger partial charge in [0.05, 0.1) is 6.61 Å². The number of nitrogens with one attached hydrogen (secondary N) is 1. The van der Waals surface area contributed by atoms with Gasteiger partial charge >= 0.3 is 13.5 Å². The topological polar surface area (TPSA) is 206 Å². The minimum Gasteiger partial charge on any atom is -0.490 e. The maximum Gasteiger partial charge on any atom is 0.469 e. The fourth-order valence-electron chi connectivity index (χ4n) is 3.59. The molecule has 14 nitrogen and oxygen atoms in total. The van der Waals surface area contributed by atoms with Gasteiger partial charge in [0.15, 0.2) is 6.33 Å².